The van der Waals surface area contributed by atoms with E-state index in [4.69, 9.17) is 11.6 Å². The molecule has 2 aromatic rings. The lowest BCUT2D eigenvalue weighted by Crippen LogP contribution is -2.28. The molecule has 2 atom stereocenters. The summed E-state index contributed by atoms with van der Waals surface area (Å²) in [5.41, 5.74) is 2.27. The molecule has 1 heterocycles. The van der Waals surface area contributed by atoms with Crippen molar-refractivity contribution in [2.75, 3.05) is 32.5 Å². The van der Waals surface area contributed by atoms with Crippen LogP contribution in [0.2, 0.25) is 5.02 Å². The van der Waals surface area contributed by atoms with Gasteiger partial charge in [-0.1, -0.05) is 18.0 Å². The fraction of sp³-hybridized carbons (Fsp3) is 0.500. The highest BCUT2D eigenvalue weighted by Crippen LogP contribution is 2.33. The maximum Gasteiger partial charge on any atom is 0.214 e. The molecule has 0 spiro atoms. The maximum absolute atomic E-state index is 6.07. The molecule has 3 nitrogen and oxygen atoms in total. The molecule has 1 aromatic carbocycles. The second-order valence-electron chi connectivity index (χ2n) is 6.68. The molecule has 1 saturated carbocycles. The summed E-state index contributed by atoms with van der Waals surface area (Å²) in [6.45, 7) is 2.26. The highest BCUT2D eigenvalue weighted by atomic mass is 35.5. The van der Waals surface area contributed by atoms with Crippen LogP contribution in [0.1, 0.15) is 19.3 Å². The lowest BCUT2D eigenvalue weighted by molar-refractivity contribution is -0.344. The third kappa shape index (κ3) is 3.53. The van der Waals surface area contributed by atoms with Gasteiger partial charge in [-0.2, -0.15) is 0 Å². The zero-order chi connectivity index (χ0) is 15.5. The van der Waals surface area contributed by atoms with Crippen molar-refractivity contribution in [3.8, 4) is 0 Å². The second-order valence-corrected chi connectivity index (χ2v) is 7.11. The Labute approximate surface area is 137 Å². The molecule has 1 aliphatic rings. The van der Waals surface area contributed by atoms with Crippen molar-refractivity contribution in [1.82, 2.24) is 4.90 Å². The van der Waals surface area contributed by atoms with Crippen LogP contribution in [0.4, 0.5) is 5.69 Å². The molecular weight excluding hydrogens is 294 g/mol. The van der Waals surface area contributed by atoms with Gasteiger partial charge in [-0.25, -0.2) is 4.98 Å². The van der Waals surface area contributed by atoms with E-state index in [2.05, 4.69) is 41.4 Å². The monoisotopic (exact) mass is 318 g/mol. The summed E-state index contributed by atoms with van der Waals surface area (Å²) in [6, 6.07) is 8.13. The number of aromatic nitrogens is 1. The topological polar surface area (TPSA) is 29.4 Å². The molecular formula is C18H25ClN3+. The zero-order valence-corrected chi connectivity index (χ0v) is 14.2. The minimum Gasteiger partial charge on any atom is -0.384 e. The molecule has 1 aliphatic carbocycles. The Hall–Kier alpha value is -1.32. The van der Waals surface area contributed by atoms with Gasteiger partial charge in [0.25, 0.3) is 0 Å². The molecule has 0 amide bonds. The van der Waals surface area contributed by atoms with Gasteiger partial charge in [-0.15, -0.1) is 0 Å². The first-order valence-electron chi connectivity index (χ1n) is 8.12. The standard InChI is InChI=1S/C18H24ClN3/c1-22(2)12-14-5-3-4-13(14)11-21-17-8-9-20-18-10-15(19)6-7-16(17)18/h6-10,13-14H,3-5,11-12H2,1-2H3,(H,20,21)/p+1. The number of aromatic amines is 1. The van der Waals surface area contributed by atoms with Gasteiger partial charge < -0.3 is 10.2 Å². The molecule has 2 unspecified atom stereocenters. The van der Waals surface area contributed by atoms with Crippen molar-refractivity contribution >= 4 is 28.2 Å². The van der Waals surface area contributed by atoms with Crippen molar-refractivity contribution in [2.45, 2.75) is 19.3 Å². The largest absolute Gasteiger partial charge is 0.384 e. The number of rotatable bonds is 5. The average Bonchev–Trinajstić information content (AvgIpc) is 2.91. The summed E-state index contributed by atoms with van der Waals surface area (Å²) in [5.74, 6) is 1.59. The van der Waals surface area contributed by atoms with E-state index in [-0.39, 0.29) is 0 Å². The Morgan fingerprint density at radius 2 is 2.05 bits per heavy atom. The van der Waals surface area contributed by atoms with Gasteiger partial charge in [0.05, 0.1) is 11.1 Å². The highest BCUT2D eigenvalue weighted by molar-refractivity contribution is 6.31. The van der Waals surface area contributed by atoms with Crippen LogP contribution in [0.25, 0.3) is 10.9 Å². The number of nitrogens with one attached hydrogen (secondary N) is 2. The number of benzene rings is 1. The Kier molecular flexibility index (Phi) is 4.84. The molecule has 0 saturated heterocycles. The number of H-pyrrole nitrogens is 1. The molecule has 4 heteroatoms. The van der Waals surface area contributed by atoms with Gasteiger partial charge in [0.2, 0.25) is 5.52 Å². The minimum absolute atomic E-state index is 0.766. The Morgan fingerprint density at radius 1 is 1.23 bits per heavy atom. The average molecular weight is 319 g/mol. The predicted molar refractivity (Wildman–Crippen MR) is 93.4 cm³/mol. The zero-order valence-electron chi connectivity index (χ0n) is 13.4. The van der Waals surface area contributed by atoms with Crippen LogP contribution in [0.3, 0.4) is 0 Å². The minimum atomic E-state index is 0.766. The van der Waals surface area contributed by atoms with Gasteiger partial charge in [0.15, 0.2) is 6.20 Å². The van der Waals surface area contributed by atoms with E-state index in [9.17, 15) is 0 Å². The number of fused-ring (bicyclic) bond motifs is 1. The summed E-state index contributed by atoms with van der Waals surface area (Å²) in [5, 5.41) is 5.64. The van der Waals surface area contributed by atoms with Gasteiger partial charge in [0.1, 0.15) is 0 Å². The fourth-order valence-corrected chi connectivity index (χ4v) is 3.83. The fourth-order valence-electron chi connectivity index (χ4n) is 3.66. The molecule has 2 N–H and O–H groups in total. The first-order chi connectivity index (χ1) is 10.6. The van der Waals surface area contributed by atoms with Crippen molar-refractivity contribution in [1.29, 1.82) is 0 Å². The SMILES string of the molecule is CN(C)CC1CCCC1CNc1cc[nH+]c2cc(Cl)ccc12. The van der Waals surface area contributed by atoms with Crippen LogP contribution in [0.15, 0.2) is 30.5 Å². The van der Waals surface area contributed by atoms with Crippen LogP contribution in [0.5, 0.6) is 0 Å². The molecule has 1 aromatic heterocycles. The highest BCUT2D eigenvalue weighted by Gasteiger charge is 2.27. The number of nitrogens with zero attached hydrogens (tertiary/aromatic N) is 1. The summed E-state index contributed by atoms with van der Waals surface area (Å²) in [6.07, 6.45) is 6.05. The Bertz CT molecular complexity index is 641. The second kappa shape index (κ2) is 6.84. The van der Waals surface area contributed by atoms with E-state index in [1.165, 1.54) is 36.9 Å². The summed E-state index contributed by atoms with van der Waals surface area (Å²) in [7, 11) is 4.35. The number of halogens is 1. The lowest BCUT2D eigenvalue weighted by Gasteiger charge is -2.23. The quantitative estimate of drug-likeness (QED) is 0.911. The number of hydrogen-bond acceptors (Lipinski definition) is 2. The van der Waals surface area contributed by atoms with Crippen molar-refractivity contribution in [2.24, 2.45) is 11.8 Å². The first-order valence-corrected chi connectivity index (χ1v) is 8.50. The maximum atomic E-state index is 6.07. The summed E-state index contributed by atoms with van der Waals surface area (Å²) < 4.78 is 0. The van der Waals surface area contributed by atoms with Crippen LogP contribution >= 0.6 is 11.6 Å². The predicted octanol–water partition coefficient (Wildman–Crippen LogP) is 3.70. The first kappa shape index (κ1) is 15.6. The molecule has 0 radical (unpaired) electrons. The molecule has 118 valence electrons. The van der Waals surface area contributed by atoms with Crippen molar-refractivity contribution in [3.63, 3.8) is 0 Å². The summed E-state index contributed by atoms with van der Waals surface area (Å²) in [4.78, 5) is 5.58. The number of hydrogen-bond donors (Lipinski definition) is 1. The molecule has 3 rings (SSSR count). The number of pyridine rings is 1. The van der Waals surface area contributed by atoms with E-state index in [0.29, 0.717) is 0 Å². The normalized spacial score (nSPS) is 21.6. The Morgan fingerprint density at radius 3 is 2.86 bits per heavy atom. The van der Waals surface area contributed by atoms with Crippen LogP contribution in [0, 0.1) is 11.8 Å². The van der Waals surface area contributed by atoms with Gasteiger partial charge in [-0.05, 0) is 50.9 Å². The third-order valence-electron chi connectivity index (χ3n) is 4.73. The van der Waals surface area contributed by atoms with E-state index >= 15 is 0 Å². The van der Waals surface area contributed by atoms with Crippen molar-refractivity contribution < 1.29 is 4.98 Å². The van der Waals surface area contributed by atoms with Crippen LogP contribution in [-0.2, 0) is 0 Å². The number of anilines is 1. The van der Waals surface area contributed by atoms with Gasteiger partial charge in [-0.3, -0.25) is 0 Å². The Balaban J connectivity index is 1.71. The van der Waals surface area contributed by atoms with Gasteiger partial charge >= 0.3 is 0 Å². The third-order valence-corrected chi connectivity index (χ3v) is 4.97. The molecule has 1 fully saturated rings. The van der Waals surface area contributed by atoms with Gasteiger partial charge in [0, 0.05) is 30.2 Å². The molecule has 0 aliphatic heterocycles. The van der Waals surface area contributed by atoms with E-state index < -0.39 is 0 Å². The van der Waals surface area contributed by atoms with E-state index in [0.717, 1.165) is 28.9 Å². The van der Waals surface area contributed by atoms with Crippen LogP contribution < -0.4 is 10.3 Å². The van der Waals surface area contributed by atoms with Crippen molar-refractivity contribution in [3.05, 3.63) is 35.5 Å². The van der Waals surface area contributed by atoms with E-state index in [1.54, 1.807) is 0 Å². The summed E-state index contributed by atoms with van der Waals surface area (Å²) >= 11 is 6.07. The smallest absolute Gasteiger partial charge is 0.214 e. The van der Waals surface area contributed by atoms with E-state index in [1.807, 2.05) is 18.3 Å². The molecule has 0 bridgehead atoms. The lowest BCUT2D eigenvalue weighted by atomic mass is 9.95. The van der Waals surface area contributed by atoms with Crippen LogP contribution in [-0.4, -0.2) is 32.1 Å². The molecule has 22 heavy (non-hydrogen) atoms.